The first-order chi connectivity index (χ1) is 9.12. The minimum atomic E-state index is -0.780. The first kappa shape index (κ1) is 13.9. The molecule has 0 aliphatic carbocycles. The number of hydrogen-bond donors (Lipinski definition) is 1. The van der Waals surface area contributed by atoms with Crippen molar-refractivity contribution in [3.63, 3.8) is 0 Å². The third kappa shape index (κ3) is 2.59. The first-order valence-electron chi connectivity index (χ1n) is 6.95. The van der Waals surface area contributed by atoms with Gasteiger partial charge in [0, 0.05) is 6.54 Å². The summed E-state index contributed by atoms with van der Waals surface area (Å²) in [5.74, 6) is 0.762. The molecule has 0 bridgehead atoms. The molecule has 0 aromatic heterocycles. The number of carbonyl (C=O) groups excluding carboxylic acids is 1. The van der Waals surface area contributed by atoms with Gasteiger partial charge in [-0.2, -0.15) is 0 Å². The fraction of sp³-hybridized carbons (Fsp3) is 0.533. The molecular weight excluding hydrogens is 240 g/mol. The highest BCUT2D eigenvalue weighted by molar-refractivity contribution is 6.01. The number of carbonyl (C=O) groups is 1. The number of fused-ring (bicyclic) bond motifs is 1. The van der Waals surface area contributed by atoms with Crippen LogP contribution in [0.15, 0.2) is 24.3 Å². The average molecular weight is 262 g/mol. The number of nitrogens with zero attached hydrogens (tertiary/aromatic N) is 1. The number of rotatable bonds is 3. The lowest BCUT2D eigenvalue weighted by Gasteiger charge is -2.32. The maximum atomic E-state index is 12.7. The molecule has 0 atom stereocenters. The van der Waals surface area contributed by atoms with Crippen molar-refractivity contribution in [2.24, 2.45) is 5.73 Å². The lowest BCUT2D eigenvalue weighted by Crippen LogP contribution is -2.55. The summed E-state index contributed by atoms with van der Waals surface area (Å²) in [6.07, 6.45) is 2.10. The highest BCUT2D eigenvalue weighted by Gasteiger charge is 2.36. The van der Waals surface area contributed by atoms with E-state index in [2.05, 4.69) is 0 Å². The summed E-state index contributed by atoms with van der Waals surface area (Å²) in [5.41, 5.74) is 6.30. The summed E-state index contributed by atoms with van der Waals surface area (Å²) in [6, 6.07) is 7.66. The van der Waals surface area contributed by atoms with E-state index in [-0.39, 0.29) is 5.91 Å². The number of para-hydroxylation sites is 2. The van der Waals surface area contributed by atoms with Crippen molar-refractivity contribution in [3.8, 4) is 5.75 Å². The van der Waals surface area contributed by atoms with E-state index in [4.69, 9.17) is 10.5 Å². The van der Waals surface area contributed by atoms with Gasteiger partial charge in [0.05, 0.1) is 17.8 Å². The largest absolute Gasteiger partial charge is 0.491 e. The molecule has 0 radical (unpaired) electrons. The van der Waals surface area contributed by atoms with Crippen LogP contribution in [0.1, 0.15) is 33.1 Å². The van der Waals surface area contributed by atoms with Crippen LogP contribution in [0.25, 0.3) is 0 Å². The Morgan fingerprint density at radius 3 is 2.74 bits per heavy atom. The molecule has 1 heterocycles. The monoisotopic (exact) mass is 262 g/mol. The van der Waals surface area contributed by atoms with Crippen molar-refractivity contribution >= 4 is 11.6 Å². The summed E-state index contributed by atoms with van der Waals surface area (Å²) >= 11 is 0. The van der Waals surface area contributed by atoms with E-state index in [1.165, 1.54) is 0 Å². The lowest BCUT2D eigenvalue weighted by atomic mass is 9.92. The average Bonchev–Trinajstić information content (AvgIpc) is 2.68. The van der Waals surface area contributed by atoms with E-state index in [0.29, 0.717) is 26.0 Å². The zero-order chi connectivity index (χ0) is 13.9. The Kier molecular flexibility index (Phi) is 4.10. The third-order valence-corrected chi connectivity index (χ3v) is 3.87. The summed E-state index contributed by atoms with van der Waals surface area (Å²) in [7, 11) is 0. The predicted molar refractivity (Wildman–Crippen MR) is 76.4 cm³/mol. The quantitative estimate of drug-likeness (QED) is 0.909. The molecular formula is C15H22N2O2. The molecule has 0 spiro atoms. The molecule has 2 rings (SSSR count). The summed E-state index contributed by atoms with van der Waals surface area (Å²) in [5, 5.41) is 0. The highest BCUT2D eigenvalue weighted by Crippen LogP contribution is 2.32. The van der Waals surface area contributed by atoms with Gasteiger partial charge in [-0.15, -0.1) is 0 Å². The van der Waals surface area contributed by atoms with E-state index in [9.17, 15) is 4.79 Å². The standard InChI is InChI=1S/C15H22N2O2/c1-3-15(16,4-2)14(18)17-10-7-11-19-13-9-6-5-8-12(13)17/h5-6,8-9H,3-4,7,10-11,16H2,1-2H3. The zero-order valence-corrected chi connectivity index (χ0v) is 11.7. The molecule has 1 aliphatic rings. The Hall–Kier alpha value is -1.55. The normalized spacial score (nSPS) is 15.4. The van der Waals surface area contributed by atoms with Crippen LogP contribution in [0.3, 0.4) is 0 Å². The molecule has 4 nitrogen and oxygen atoms in total. The van der Waals surface area contributed by atoms with Gasteiger partial charge in [0.1, 0.15) is 5.75 Å². The topological polar surface area (TPSA) is 55.6 Å². The van der Waals surface area contributed by atoms with Crippen molar-refractivity contribution in [2.75, 3.05) is 18.1 Å². The molecule has 2 N–H and O–H groups in total. The van der Waals surface area contributed by atoms with Gasteiger partial charge >= 0.3 is 0 Å². The Morgan fingerprint density at radius 1 is 1.37 bits per heavy atom. The van der Waals surface area contributed by atoms with Gasteiger partial charge in [-0.1, -0.05) is 26.0 Å². The van der Waals surface area contributed by atoms with Crippen molar-refractivity contribution < 1.29 is 9.53 Å². The molecule has 1 aromatic rings. The van der Waals surface area contributed by atoms with Crippen LogP contribution in [0.5, 0.6) is 5.75 Å². The van der Waals surface area contributed by atoms with Gasteiger partial charge in [-0.25, -0.2) is 0 Å². The molecule has 19 heavy (non-hydrogen) atoms. The van der Waals surface area contributed by atoms with Crippen LogP contribution >= 0.6 is 0 Å². The minimum Gasteiger partial charge on any atom is -0.491 e. The van der Waals surface area contributed by atoms with E-state index >= 15 is 0 Å². The maximum Gasteiger partial charge on any atom is 0.247 e. The van der Waals surface area contributed by atoms with Crippen molar-refractivity contribution in [3.05, 3.63) is 24.3 Å². The third-order valence-electron chi connectivity index (χ3n) is 3.87. The maximum absolute atomic E-state index is 12.7. The summed E-state index contributed by atoms with van der Waals surface area (Å²) in [6.45, 7) is 5.22. The van der Waals surface area contributed by atoms with Gasteiger partial charge in [-0.05, 0) is 31.4 Å². The van der Waals surface area contributed by atoms with E-state index in [0.717, 1.165) is 17.9 Å². The molecule has 0 fully saturated rings. The Bertz CT molecular complexity index is 455. The number of nitrogens with two attached hydrogens (primary N) is 1. The number of amides is 1. The van der Waals surface area contributed by atoms with Crippen LogP contribution in [-0.2, 0) is 4.79 Å². The predicted octanol–water partition coefficient (Wildman–Crippen LogP) is 2.32. The van der Waals surface area contributed by atoms with Crippen molar-refractivity contribution in [2.45, 2.75) is 38.6 Å². The second-order valence-electron chi connectivity index (χ2n) is 4.99. The molecule has 104 valence electrons. The van der Waals surface area contributed by atoms with Crippen LogP contribution in [0.4, 0.5) is 5.69 Å². The van der Waals surface area contributed by atoms with Crippen LogP contribution < -0.4 is 15.4 Å². The minimum absolute atomic E-state index is 0.00421. The van der Waals surface area contributed by atoms with Gasteiger partial charge in [0.2, 0.25) is 5.91 Å². The van der Waals surface area contributed by atoms with Crippen LogP contribution in [0, 0.1) is 0 Å². The second kappa shape index (κ2) is 5.61. The first-order valence-corrected chi connectivity index (χ1v) is 6.95. The van der Waals surface area contributed by atoms with Crippen molar-refractivity contribution in [1.82, 2.24) is 0 Å². The molecule has 1 aliphatic heterocycles. The Morgan fingerprint density at radius 2 is 2.05 bits per heavy atom. The fourth-order valence-corrected chi connectivity index (χ4v) is 2.36. The summed E-state index contributed by atoms with van der Waals surface area (Å²) < 4.78 is 5.67. The second-order valence-corrected chi connectivity index (χ2v) is 4.99. The van der Waals surface area contributed by atoms with Crippen molar-refractivity contribution in [1.29, 1.82) is 0 Å². The van der Waals surface area contributed by atoms with E-state index < -0.39 is 5.54 Å². The van der Waals surface area contributed by atoms with Gasteiger partial charge < -0.3 is 15.4 Å². The van der Waals surface area contributed by atoms with E-state index in [1.807, 2.05) is 38.1 Å². The summed E-state index contributed by atoms with van der Waals surface area (Å²) in [4.78, 5) is 14.5. The van der Waals surface area contributed by atoms with E-state index in [1.54, 1.807) is 4.90 Å². The van der Waals surface area contributed by atoms with Crippen LogP contribution in [-0.4, -0.2) is 24.6 Å². The Labute approximate surface area is 114 Å². The number of hydrogen-bond acceptors (Lipinski definition) is 3. The molecule has 0 unspecified atom stereocenters. The molecule has 4 heteroatoms. The number of ether oxygens (including phenoxy) is 1. The zero-order valence-electron chi connectivity index (χ0n) is 11.7. The van der Waals surface area contributed by atoms with Gasteiger partial charge in [0.15, 0.2) is 0 Å². The fourth-order valence-electron chi connectivity index (χ4n) is 2.36. The van der Waals surface area contributed by atoms with Gasteiger partial charge in [-0.3, -0.25) is 4.79 Å². The molecule has 0 saturated carbocycles. The van der Waals surface area contributed by atoms with Crippen LogP contribution in [0.2, 0.25) is 0 Å². The molecule has 1 amide bonds. The lowest BCUT2D eigenvalue weighted by molar-refractivity contribution is -0.124. The molecule has 1 aromatic carbocycles. The molecule has 0 saturated heterocycles. The number of anilines is 1. The number of benzene rings is 1. The highest BCUT2D eigenvalue weighted by atomic mass is 16.5. The smallest absolute Gasteiger partial charge is 0.247 e. The SMILES string of the molecule is CCC(N)(CC)C(=O)N1CCCOc2ccccc21. The Balaban J connectivity index is 2.37. The van der Waals surface area contributed by atoms with Gasteiger partial charge in [0.25, 0.3) is 0 Å².